The van der Waals surface area contributed by atoms with Gasteiger partial charge in [-0.2, -0.15) is 0 Å². The zero-order chi connectivity index (χ0) is 27.8. The quantitative estimate of drug-likeness (QED) is 0.137. The van der Waals surface area contributed by atoms with Crippen LogP contribution >= 0.6 is 46.3 Å². The Morgan fingerprint density at radius 2 is 1.56 bits per heavy atom. The van der Waals surface area contributed by atoms with Crippen molar-refractivity contribution in [3.63, 3.8) is 0 Å². The molecule has 0 aliphatic heterocycles. The summed E-state index contributed by atoms with van der Waals surface area (Å²) >= 11 is 14.8. The summed E-state index contributed by atoms with van der Waals surface area (Å²) in [5.41, 5.74) is 1.67. The van der Waals surface area contributed by atoms with Crippen molar-refractivity contribution in [2.75, 3.05) is 10.6 Å². The van der Waals surface area contributed by atoms with Crippen molar-refractivity contribution in [2.45, 2.75) is 17.1 Å². The molecule has 4 aromatic rings. The van der Waals surface area contributed by atoms with Crippen LogP contribution < -0.4 is 16.0 Å². The van der Waals surface area contributed by atoms with Crippen LogP contribution in [0.4, 0.5) is 11.4 Å². The van der Waals surface area contributed by atoms with E-state index in [9.17, 15) is 14.4 Å². The number of hydrogen-bond acceptors (Lipinski definition) is 5. The smallest absolute Gasteiger partial charge is 0.272 e. The van der Waals surface area contributed by atoms with E-state index in [-0.39, 0.29) is 17.5 Å². The molecule has 0 fully saturated rings. The lowest BCUT2D eigenvalue weighted by molar-refractivity contribution is -0.115. The minimum absolute atomic E-state index is 0.123. The van der Waals surface area contributed by atoms with Crippen LogP contribution in [0.25, 0.3) is 6.08 Å². The predicted octanol–water partition coefficient (Wildman–Crippen LogP) is 7.58. The molecular formula is C29H23Cl2N3O3S2. The molecule has 6 nitrogen and oxygen atoms in total. The second-order valence-electron chi connectivity index (χ2n) is 8.25. The Labute approximate surface area is 244 Å². The standard InChI is InChI=1S/C29H23Cl2N3O3S2/c1-18(27(35)33-21-11-14-24(30)25(31)16-21)39-22-12-9-20(10-13-22)32-29(37)26(17-23-8-5-15-38-23)34-28(36)19-6-3-2-4-7-19/h2-18H,1H3,(H,32,37)(H,33,35)(H,34,36)/b26-17-. The van der Waals surface area contributed by atoms with Gasteiger partial charge in [0.15, 0.2) is 0 Å². The average Bonchev–Trinajstić information content (AvgIpc) is 3.45. The van der Waals surface area contributed by atoms with Gasteiger partial charge in [0.2, 0.25) is 5.91 Å². The van der Waals surface area contributed by atoms with Gasteiger partial charge in [0, 0.05) is 26.7 Å². The average molecular weight is 597 g/mol. The number of benzene rings is 3. The van der Waals surface area contributed by atoms with Gasteiger partial charge in [-0.05, 0) is 79.0 Å². The van der Waals surface area contributed by atoms with Gasteiger partial charge in [0.25, 0.3) is 11.8 Å². The Morgan fingerprint density at radius 3 is 2.23 bits per heavy atom. The Hall–Kier alpha value is -3.56. The van der Waals surface area contributed by atoms with Gasteiger partial charge < -0.3 is 16.0 Å². The molecule has 3 amide bonds. The van der Waals surface area contributed by atoms with E-state index < -0.39 is 11.2 Å². The second kappa shape index (κ2) is 13.5. The molecule has 3 aromatic carbocycles. The number of nitrogens with one attached hydrogen (secondary N) is 3. The Balaban J connectivity index is 1.39. The Bertz CT molecular complexity index is 1490. The summed E-state index contributed by atoms with van der Waals surface area (Å²) in [7, 11) is 0. The van der Waals surface area contributed by atoms with Crippen molar-refractivity contribution in [2.24, 2.45) is 0 Å². The maximum absolute atomic E-state index is 13.1. The number of rotatable bonds is 9. The summed E-state index contributed by atoms with van der Waals surface area (Å²) in [6, 6.07) is 24.4. The van der Waals surface area contributed by atoms with Crippen LogP contribution in [0, 0.1) is 0 Å². The highest BCUT2D eigenvalue weighted by Crippen LogP contribution is 2.28. The van der Waals surface area contributed by atoms with Crippen LogP contribution in [0.3, 0.4) is 0 Å². The minimum Gasteiger partial charge on any atom is -0.325 e. The van der Waals surface area contributed by atoms with E-state index in [1.165, 1.54) is 23.1 Å². The number of thiophene rings is 1. The minimum atomic E-state index is -0.456. The van der Waals surface area contributed by atoms with E-state index in [0.29, 0.717) is 27.0 Å². The van der Waals surface area contributed by atoms with Gasteiger partial charge in [-0.15, -0.1) is 23.1 Å². The number of amides is 3. The maximum atomic E-state index is 13.1. The monoisotopic (exact) mass is 595 g/mol. The van der Waals surface area contributed by atoms with Crippen molar-refractivity contribution < 1.29 is 14.4 Å². The highest BCUT2D eigenvalue weighted by atomic mass is 35.5. The molecule has 39 heavy (non-hydrogen) atoms. The number of thioether (sulfide) groups is 1. The number of carbonyl (C=O) groups is 3. The molecule has 0 saturated heterocycles. The van der Waals surface area contributed by atoms with Crippen LogP contribution in [-0.4, -0.2) is 23.0 Å². The number of anilines is 2. The van der Waals surface area contributed by atoms with Crippen molar-refractivity contribution in [1.82, 2.24) is 5.32 Å². The molecule has 1 aromatic heterocycles. The largest absolute Gasteiger partial charge is 0.325 e. The molecule has 0 aliphatic carbocycles. The lowest BCUT2D eigenvalue weighted by atomic mass is 10.2. The van der Waals surface area contributed by atoms with Gasteiger partial charge in [-0.1, -0.05) is 47.5 Å². The molecule has 1 heterocycles. The van der Waals surface area contributed by atoms with E-state index in [4.69, 9.17) is 23.2 Å². The van der Waals surface area contributed by atoms with E-state index in [2.05, 4.69) is 16.0 Å². The molecular weight excluding hydrogens is 573 g/mol. The zero-order valence-corrected chi connectivity index (χ0v) is 23.8. The molecule has 0 saturated carbocycles. The third-order valence-corrected chi connectivity index (χ3v) is 8.01. The van der Waals surface area contributed by atoms with Crippen molar-refractivity contribution in [1.29, 1.82) is 0 Å². The fourth-order valence-corrected chi connectivity index (χ4v) is 5.17. The molecule has 10 heteroatoms. The van der Waals surface area contributed by atoms with Crippen LogP contribution in [-0.2, 0) is 9.59 Å². The molecule has 198 valence electrons. The molecule has 1 unspecified atom stereocenters. The van der Waals surface area contributed by atoms with E-state index in [1.54, 1.807) is 67.6 Å². The van der Waals surface area contributed by atoms with E-state index >= 15 is 0 Å². The van der Waals surface area contributed by atoms with Crippen molar-refractivity contribution in [3.05, 3.63) is 116 Å². The first-order chi connectivity index (χ1) is 18.8. The summed E-state index contributed by atoms with van der Waals surface area (Å²) in [6.45, 7) is 1.80. The van der Waals surface area contributed by atoms with E-state index in [0.717, 1.165) is 9.77 Å². The Morgan fingerprint density at radius 1 is 0.846 bits per heavy atom. The predicted molar refractivity (Wildman–Crippen MR) is 162 cm³/mol. The van der Waals surface area contributed by atoms with Gasteiger partial charge in [-0.25, -0.2) is 0 Å². The second-order valence-corrected chi connectivity index (χ2v) is 11.5. The highest BCUT2D eigenvalue weighted by molar-refractivity contribution is 8.00. The molecule has 1 atom stereocenters. The molecule has 4 rings (SSSR count). The van der Waals surface area contributed by atoms with Crippen LogP contribution in [0.2, 0.25) is 10.0 Å². The van der Waals surface area contributed by atoms with Gasteiger partial charge in [0.1, 0.15) is 5.70 Å². The molecule has 0 spiro atoms. The highest BCUT2D eigenvalue weighted by Gasteiger charge is 2.17. The van der Waals surface area contributed by atoms with Crippen molar-refractivity contribution in [3.8, 4) is 0 Å². The summed E-state index contributed by atoms with van der Waals surface area (Å²) in [5.74, 6) is -1.02. The molecule has 3 N–H and O–H groups in total. The van der Waals surface area contributed by atoms with Crippen LogP contribution in [0.5, 0.6) is 0 Å². The topological polar surface area (TPSA) is 87.3 Å². The molecule has 0 bridgehead atoms. The van der Waals surface area contributed by atoms with E-state index in [1.807, 2.05) is 35.7 Å². The Kier molecular flexibility index (Phi) is 9.84. The third-order valence-electron chi connectivity index (χ3n) is 5.34. The summed E-state index contributed by atoms with van der Waals surface area (Å²) in [4.78, 5) is 40.1. The maximum Gasteiger partial charge on any atom is 0.272 e. The van der Waals surface area contributed by atoms with Crippen LogP contribution in [0.15, 0.2) is 101 Å². The summed E-state index contributed by atoms with van der Waals surface area (Å²) in [5, 5.41) is 10.6. The first kappa shape index (κ1) is 28.4. The molecule has 0 radical (unpaired) electrons. The van der Waals surface area contributed by atoms with Crippen LogP contribution in [0.1, 0.15) is 22.2 Å². The third kappa shape index (κ3) is 8.21. The summed E-state index contributed by atoms with van der Waals surface area (Å²) in [6.07, 6.45) is 1.64. The lowest BCUT2D eigenvalue weighted by Crippen LogP contribution is -2.30. The fraction of sp³-hybridized carbons (Fsp3) is 0.0690. The zero-order valence-electron chi connectivity index (χ0n) is 20.6. The number of halogens is 2. The summed E-state index contributed by atoms with van der Waals surface area (Å²) < 4.78 is 0. The first-order valence-electron chi connectivity index (χ1n) is 11.7. The lowest BCUT2D eigenvalue weighted by Gasteiger charge is -2.14. The van der Waals surface area contributed by atoms with Gasteiger partial charge in [-0.3, -0.25) is 14.4 Å². The normalized spacial score (nSPS) is 11.9. The fourth-order valence-electron chi connectivity index (χ4n) is 3.35. The van der Waals surface area contributed by atoms with Crippen molar-refractivity contribution >= 4 is 81.5 Å². The SMILES string of the molecule is CC(Sc1ccc(NC(=O)/C(=C/c2cccs2)NC(=O)c2ccccc2)cc1)C(=O)Nc1ccc(Cl)c(Cl)c1. The van der Waals surface area contributed by atoms with Gasteiger partial charge in [0.05, 0.1) is 15.3 Å². The first-order valence-corrected chi connectivity index (χ1v) is 14.3. The van der Waals surface area contributed by atoms with Gasteiger partial charge >= 0.3 is 0 Å². The number of carbonyl (C=O) groups excluding carboxylic acids is 3. The number of hydrogen-bond donors (Lipinski definition) is 3. The molecule has 0 aliphatic rings.